The van der Waals surface area contributed by atoms with Gasteiger partial charge in [-0.25, -0.2) is 0 Å². The number of hydrogen-bond donors (Lipinski definition) is 2. The highest BCUT2D eigenvalue weighted by atomic mass is 16.6. The molecule has 0 heterocycles. The van der Waals surface area contributed by atoms with E-state index >= 15 is 0 Å². The predicted molar refractivity (Wildman–Crippen MR) is 74.6 cm³/mol. The second kappa shape index (κ2) is 7.95. The van der Waals surface area contributed by atoms with Gasteiger partial charge in [-0.1, -0.05) is 6.07 Å². The summed E-state index contributed by atoms with van der Waals surface area (Å²) in [6.45, 7) is 2.58. The van der Waals surface area contributed by atoms with Gasteiger partial charge < -0.3 is 15.8 Å². The van der Waals surface area contributed by atoms with E-state index in [-0.39, 0.29) is 30.2 Å². The van der Waals surface area contributed by atoms with E-state index in [0.29, 0.717) is 18.7 Å². The van der Waals surface area contributed by atoms with Crippen molar-refractivity contribution in [1.82, 2.24) is 5.32 Å². The summed E-state index contributed by atoms with van der Waals surface area (Å²) < 4.78 is 4.76. The lowest BCUT2D eigenvalue weighted by molar-refractivity contribution is -0.385. The van der Waals surface area contributed by atoms with Crippen molar-refractivity contribution in [2.24, 2.45) is 5.73 Å². The number of nitrogens with zero attached hydrogens (tertiary/aromatic N) is 1. The molecule has 0 aromatic heterocycles. The topological polar surface area (TPSA) is 125 Å². The van der Waals surface area contributed by atoms with Crippen molar-refractivity contribution in [2.75, 3.05) is 13.2 Å². The van der Waals surface area contributed by atoms with E-state index in [0.717, 1.165) is 6.07 Å². The first-order valence-corrected chi connectivity index (χ1v) is 6.39. The average Bonchev–Trinajstić information content (AvgIpc) is 2.43. The maximum Gasteiger partial charge on any atom is 0.307 e. The molecule has 0 fully saturated rings. The van der Waals surface area contributed by atoms with Crippen LogP contribution in [0.15, 0.2) is 18.2 Å². The monoisotopic (exact) mass is 295 g/mol. The first-order valence-electron chi connectivity index (χ1n) is 6.39. The highest BCUT2D eigenvalue weighted by Gasteiger charge is 2.16. The van der Waals surface area contributed by atoms with Gasteiger partial charge in [-0.3, -0.25) is 19.7 Å². The lowest BCUT2D eigenvalue weighted by atomic mass is 10.1. The molecule has 1 rings (SSSR count). The smallest absolute Gasteiger partial charge is 0.307 e. The fraction of sp³-hybridized carbons (Fsp3) is 0.385. The minimum Gasteiger partial charge on any atom is -0.466 e. The number of nitro benzene ring substituents is 1. The number of nitro groups is 1. The summed E-state index contributed by atoms with van der Waals surface area (Å²) in [5.74, 6) is -1.05. The summed E-state index contributed by atoms with van der Waals surface area (Å²) in [6, 6.07) is 4.04. The highest BCUT2D eigenvalue weighted by molar-refractivity contribution is 5.93. The Labute approximate surface area is 121 Å². The van der Waals surface area contributed by atoms with Crippen LogP contribution in [0.3, 0.4) is 0 Å². The van der Waals surface area contributed by atoms with Crippen LogP contribution < -0.4 is 11.1 Å². The van der Waals surface area contributed by atoms with E-state index in [4.69, 9.17) is 10.5 Å². The van der Waals surface area contributed by atoms with Crippen molar-refractivity contribution >= 4 is 17.6 Å². The van der Waals surface area contributed by atoms with Crippen LogP contribution in [-0.2, 0) is 16.1 Å². The molecule has 0 unspecified atom stereocenters. The van der Waals surface area contributed by atoms with E-state index < -0.39 is 10.8 Å². The van der Waals surface area contributed by atoms with Gasteiger partial charge in [0, 0.05) is 30.3 Å². The summed E-state index contributed by atoms with van der Waals surface area (Å²) >= 11 is 0. The molecule has 0 bridgehead atoms. The van der Waals surface area contributed by atoms with E-state index in [1.165, 1.54) is 12.1 Å². The molecule has 8 heteroatoms. The standard InChI is InChI=1S/C13H17N3O5/c1-2-21-12(17)5-6-15-8-10-4-3-9(13(14)18)7-11(10)16(19)20/h3-4,7,15H,2,5-6,8H2,1H3,(H2,14,18). The zero-order valence-electron chi connectivity index (χ0n) is 11.6. The minimum absolute atomic E-state index is 0.0805. The van der Waals surface area contributed by atoms with Crippen molar-refractivity contribution in [2.45, 2.75) is 19.9 Å². The molecule has 1 amide bonds. The summed E-state index contributed by atoms with van der Waals surface area (Å²) in [5.41, 5.74) is 5.39. The van der Waals surface area contributed by atoms with Crippen LogP contribution in [0, 0.1) is 10.1 Å². The van der Waals surface area contributed by atoms with Gasteiger partial charge in [0.15, 0.2) is 0 Å². The Kier molecular flexibility index (Phi) is 6.28. The molecule has 114 valence electrons. The normalized spacial score (nSPS) is 10.1. The third-order valence-corrected chi connectivity index (χ3v) is 2.69. The second-order valence-corrected chi connectivity index (χ2v) is 4.20. The van der Waals surface area contributed by atoms with Crippen LogP contribution in [0.2, 0.25) is 0 Å². The lowest BCUT2D eigenvalue weighted by Crippen LogP contribution is -2.20. The van der Waals surface area contributed by atoms with E-state index in [1.807, 2.05) is 0 Å². The summed E-state index contributed by atoms with van der Waals surface area (Å²) in [5, 5.41) is 13.9. The zero-order chi connectivity index (χ0) is 15.8. The number of ether oxygens (including phenoxy) is 1. The number of rotatable bonds is 8. The Morgan fingerprint density at radius 3 is 2.71 bits per heavy atom. The number of carbonyl (C=O) groups excluding carboxylic acids is 2. The van der Waals surface area contributed by atoms with Gasteiger partial charge in [-0.05, 0) is 13.0 Å². The molecule has 0 saturated carbocycles. The van der Waals surface area contributed by atoms with Crippen molar-refractivity contribution in [1.29, 1.82) is 0 Å². The number of esters is 1. The Morgan fingerprint density at radius 2 is 2.14 bits per heavy atom. The van der Waals surface area contributed by atoms with Gasteiger partial charge in [0.05, 0.1) is 18.0 Å². The molecule has 0 spiro atoms. The molecular formula is C13H17N3O5. The van der Waals surface area contributed by atoms with Crippen LogP contribution >= 0.6 is 0 Å². The third-order valence-electron chi connectivity index (χ3n) is 2.69. The number of primary amides is 1. The van der Waals surface area contributed by atoms with Crippen molar-refractivity contribution < 1.29 is 19.2 Å². The Morgan fingerprint density at radius 1 is 1.43 bits per heavy atom. The highest BCUT2D eigenvalue weighted by Crippen LogP contribution is 2.20. The maximum atomic E-state index is 11.1. The second-order valence-electron chi connectivity index (χ2n) is 4.20. The van der Waals surface area contributed by atoms with Crippen LogP contribution in [0.1, 0.15) is 29.3 Å². The van der Waals surface area contributed by atoms with Gasteiger partial charge in [0.2, 0.25) is 5.91 Å². The number of carbonyl (C=O) groups is 2. The van der Waals surface area contributed by atoms with Crippen LogP contribution in [0.5, 0.6) is 0 Å². The average molecular weight is 295 g/mol. The van der Waals surface area contributed by atoms with Crippen molar-refractivity contribution in [3.63, 3.8) is 0 Å². The summed E-state index contributed by atoms with van der Waals surface area (Å²) in [6.07, 6.45) is 0.182. The van der Waals surface area contributed by atoms with Crippen molar-refractivity contribution in [3.8, 4) is 0 Å². The van der Waals surface area contributed by atoms with Crippen molar-refractivity contribution in [3.05, 3.63) is 39.4 Å². The molecule has 0 saturated heterocycles. The van der Waals surface area contributed by atoms with Gasteiger partial charge in [0.1, 0.15) is 0 Å². The first-order chi connectivity index (χ1) is 9.95. The van der Waals surface area contributed by atoms with Gasteiger partial charge in [-0.15, -0.1) is 0 Å². The van der Waals surface area contributed by atoms with Crippen LogP contribution in [0.25, 0.3) is 0 Å². The summed E-state index contributed by atoms with van der Waals surface area (Å²) in [7, 11) is 0. The molecule has 0 aliphatic rings. The summed E-state index contributed by atoms with van der Waals surface area (Å²) in [4.78, 5) is 32.5. The molecule has 0 aliphatic heterocycles. The number of amides is 1. The largest absolute Gasteiger partial charge is 0.466 e. The Bertz CT molecular complexity index is 545. The molecule has 0 atom stereocenters. The first kappa shape index (κ1) is 16.6. The van der Waals surface area contributed by atoms with E-state index in [9.17, 15) is 19.7 Å². The lowest BCUT2D eigenvalue weighted by Gasteiger charge is -2.06. The van der Waals surface area contributed by atoms with E-state index in [1.54, 1.807) is 6.92 Å². The number of nitrogens with one attached hydrogen (secondary N) is 1. The quantitative estimate of drug-likeness (QED) is 0.315. The minimum atomic E-state index is -0.722. The number of benzene rings is 1. The fourth-order valence-corrected chi connectivity index (χ4v) is 1.68. The number of nitrogens with two attached hydrogens (primary N) is 1. The predicted octanol–water partition coefficient (Wildman–Crippen LogP) is 0.737. The maximum absolute atomic E-state index is 11.1. The Hall–Kier alpha value is -2.48. The van der Waals surface area contributed by atoms with Gasteiger partial charge in [0.25, 0.3) is 5.69 Å². The zero-order valence-corrected chi connectivity index (χ0v) is 11.6. The molecule has 0 aliphatic carbocycles. The van der Waals surface area contributed by atoms with E-state index in [2.05, 4.69) is 5.32 Å². The van der Waals surface area contributed by atoms with Crippen LogP contribution in [0.4, 0.5) is 5.69 Å². The van der Waals surface area contributed by atoms with Crippen LogP contribution in [-0.4, -0.2) is 30.0 Å². The fourth-order valence-electron chi connectivity index (χ4n) is 1.68. The SMILES string of the molecule is CCOC(=O)CCNCc1ccc(C(N)=O)cc1[N+](=O)[O-]. The molecule has 3 N–H and O–H groups in total. The molecule has 0 radical (unpaired) electrons. The molecule has 8 nitrogen and oxygen atoms in total. The molecular weight excluding hydrogens is 278 g/mol. The van der Waals surface area contributed by atoms with Gasteiger partial charge in [-0.2, -0.15) is 0 Å². The molecule has 21 heavy (non-hydrogen) atoms. The third kappa shape index (κ3) is 5.19. The molecule has 1 aromatic carbocycles. The van der Waals surface area contributed by atoms with Gasteiger partial charge >= 0.3 is 5.97 Å². The Balaban J connectivity index is 2.64. The number of hydrogen-bond acceptors (Lipinski definition) is 6. The molecule has 1 aromatic rings.